The van der Waals surface area contributed by atoms with Crippen molar-refractivity contribution in [1.82, 2.24) is 30.6 Å². The standard InChI is InChI=1S/C22H29N9O10P2.2Na/c1-31(10-12-8-26-19-17(27-12)18(23)29-22(24)30-19)13-4-2-11(3-5-13)20(33)28-14(21(34)35)6-7-15(32)25-9-16(42(36,37)38)43(39,40)41;;/h2-5,8,14,16H,6-7,9-10H2,1H3,(H,25,32)(H,28,33)(H,34,35)(H2,36,37,38)(H2,39,40,41)(H4,23,24,26,29,30);;/q;2*+1/p-2. The minimum atomic E-state index is -5.56. The number of carbonyl (C=O) groups is 3. The van der Waals surface area contributed by atoms with Crippen LogP contribution in [0.3, 0.4) is 0 Å². The molecular weight excluding hydrogens is 658 g/mol. The Hall–Kier alpha value is -2.25. The van der Waals surface area contributed by atoms with Gasteiger partial charge in [-0.2, -0.15) is 9.97 Å². The predicted octanol–water partition coefficient (Wildman–Crippen LogP) is -8.27. The third-order valence-corrected chi connectivity index (χ3v) is 9.59. The molecule has 232 valence electrons. The fourth-order valence-corrected chi connectivity index (χ4v) is 5.86. The van der Waals surface area contributed by atoms with E-state index in [9.17, 15) is 38.4 Å². The van der Waals surface area contributed by atoms with Crippen molar-refractivity contribution >= 4 is 61.6 Å². The fraction of sp³-hybridized carbons (Fsp3) is 0.318. The number of carboxylic acids is 1. The molecule has 0 saturated heterocycles. The molecule has 2 amide bonds. The zero-order valence-electron chi connectivity index (χ0n) is 24.4. The van der Waals surface area contributed by atoms with Gasteiger partial charge in [0.25, 0.3) is 5.91 Å². The Kier molecular flexibility index (Phi) is 15.5. The summed E-state index contributed by atoms with van der Waals surface area (Å²) in [6, 6.07) is 4.56. The largest absolute Gasteiger partial charge is 1.00 e. The van der Waals surface area contributed by atoms with Crippen molar-refractivity contribution in [3.05, 3.63) is 41.7 Å². The van der Waals surface area contributed by atoms with Gasteiger partial charge in [-0.15, -0.1) is 0 Å². The number of fused-ring (bicyclic) bond motifs is 1. The summed E-state index contributed by atoms with van der Waals surface area (Å²) in [5.74, 6) is -3.18. The fourth-order valence-electron chi connectivity index (χ4n) is 3.74. The minimum Gasteiger partial charge on any atom is -0.778 e. The number of aliphatic carboxylic acids is 1. The quantitative estimate of drug-likeness (QED) is 0.0649. The molecule has 0 aliphatic heterocycles. The number of carboxylic acid groups (broad SMARTS) is 1. The van der Waals surface area contributed by atoms with Crippen molar-refractivity contribution < 1.29 is 107 Å². The van der Waals surface area contributed by atoms with Gasteiger partial charge in [0.2, 0.25) is 11.9 Å². The molecule has 0 aliphatic carbocycles. The Morgan fingerprint density at radius 1 is 1.02 bits per heavy atom. The smallest absolute Gasteiger partial charge is 0.778 e. The topological polar surface area (TPSA) is 323 Å². The third kappa shape index (κ3) is 11.8. The SMILES string of the molecule is CN(Cc1cnc2nc(N)nc(N)c2n1)c1ccc(C(=O)NC(CCC(=O)NCC(P(=O)([O-])O)P(=O)([O-])O)C(=O)O)cc1.[Na+].[Na+]. The van der Waals surface area contributed by atoms with Gasteiger partial charge in [0.1, 0.15) is 26.6 Å². The van der Waals surface area contributed by atoms with E-state index in [1.54, 1.807) is 24.1 Å². The average Bonchev–Trinajstić information content (AvgIpc) is 2.89. The first-order valence-corrected chi connectivity index (χ1v) is 15.5. The van der Waals surface area contributed by atoms with Crippen LogP contribution in [-0.2, 0) is 25.3 Å². The number of carbonyl (C=O) groups excluding carboxylic acids is 2. The van der Waals surface area contributed by atoms with E-state index in [4.69, 9.17) is 21.3 Å². The monoisotopic (exact) mass is 685 g/mol. The van der Waals surface area contributed by atoms with Crippen molar-refractivity contribution in [2.45, 2.75) is 30.8 Å². The van der Waals surface area contributed by atoms with E-state index in [1.165, 1.54) is 18.3 Å². The summed E-state index contributed by atoms with van der Waals surface area (Å²) in [5, 5.41) is 10.9. The van der Waals surface area contributed by atoms with E-state index in [0.29, 0.717) is 16.9 Å². The molecule has 0 aliphatic rings. The molecule has 0 spiro atoms. The second-order valence-electron chi connectivity index (χ2n) is 9.22. The van der Waals surface area contributed by atoms with Gasteiger partial charge in [0.05, 0.1) is 18.4 Å². The number of nitrogens with two attached hydrogens (primary N) is 2. The maximum atomic E-state index is 12.7. The van der Waals surface area contributed by atoms with Crippen LogP contribution in [0.15, 0.2) is 30.5 Å². The number of hydrogen-bond acceptors (Lipinski definition) is 14. The summed E-state index contributed by atoms with van der Waals surface area (Å²) in [6.45, 7) is -0.874. The van der Waals surface area contributed by atoms with Gasteiger partial charge in [0.15, 0.2) is 17.0 Å². The molecule has 0 bridgehead atoms. The average molecular weight is 685 g/mol. The van der Waals surface area contributed by atoms with Crippen molar-refractivity contribution in [1.29, 1.82) is 0 Å². The first-order chi connectivity index (χ1) is 20.0. The van der Waals surface area contributed by atoms with Crippen LogP contribution < -0.4 is 95.9 Å². The summed E-state index contributed by atoms with van der Waals surface area (Å²) < 4.78 is 22.3. The van der Waals surface area contributed by atoms with E-state index in [2.05, 4.69) is 25.3 Å². The third-order valence-electron chi connectivity index (χ3n) is 5.97. The maximum Gasteiger partial charge on any atom is 1.00 e. The summed E-state index contributed by atoms with van der Waals surface area (Å²) >= 11 is 0. The van der Waals surface area contributed by atoms with E-state index < -0.39 is 63.8 Å². The van der Waals surface area contributed by atoms with Crippen LogP contribution in [0.2, 0.25) is 0 Å². The van der Waals surface area contributed by atoms with Gasteiger partial charge in [-0.3, -0.25) is 9.59 Å². The normalized spacial score (nSPS) is 14.8. The summed E-state index contributed by atoms with van der Waals surface area (Å²) in [7, 11) is -9.37. The van der Waals surface area contributed by atoms with Crippen LogP contribution >= 0.6 is 15.2 Å². The van der Waals surface area contributed by atoms with Crippen LogP contribution in [0.1, 0.15) is 28.9 Å². The van der Waals surface area contributed by atoms with Crippen molar-refractivity contribution in [2.75, 3.05) is 30.0 Å². The molecule has 3 rings (SSSR count). The number of nitrogens with zero attached hydrogens (tertiary/aromatic N) is 5. The molecule has 19 nitrogen and oxygen atoms in total. The van der Waals surface area contributed by atoms with E-state index in [1.807, 2.05) is 5.32 Å². The van der Waals surface area contributed by atoms with Gasteiger partial charge in [-0.05, 0) is 30.7 Å². The molecule has 0 saturated carbocycles. The van der Waals surface area contributed by atoms with Gasteiger partial charge < -0.3 is 60.8 Å². The number of benzene rings is 1. The molecule has 3 atom stereocenters. The zero-order chi connectivity index (χ0) is 32.1. The van der Waals surface area contributed by atoms with E-state index in [0.717, 1.165) is 0 Å². The number of nitrogens with one attached hydrogen (secondary N) is 2. The molecule has 45 heavy (non-hydrogen) atoms. The molecular formula is C22H27N9Na2O10P2. The molecule has 1 aromatic carbocycles. The van der Waals surface area contributed by atoms with Crippen LogP contribution in [0.4, 0.5) is 17.5 Å². The van der Waals surface area contributed by atoms with E-state index in [-0.39, 0.29) is 88.6 Å². The van der Waals surface area contributed by atoms with Crippen LogP contribution in [0.5, 0.6) is 0 Å². The van der Waals surface area contributed by atoms with Crippen LogP contribution in [0, 0.1) is 0 Å². The van der Waals surface area contributed by atoms with Crippen LogP contribution in [0.25, 0.3) is 11.2 Å². The summed E-state index contributed by atoms with van der Waals surface area (Å²) in [5.41, 5.74) is 13.3. The minimum absolute atomic E-state index is 0. The molecule has 3 unspecified atom stereocenters. The number of hydrogen-bond donors (Lipinski definition) is 7. The zero-order valence-corrected chi connectivity index (χ0v) is 30.1. The molecule has 3 aromatic rings. The number of rotatable bonds is 13. The maximum absolute atomic E-state index is 12.7. The van der Waals surface area contributed by atoms with Gasteiger partial charge >= 0.3 is 65.1 Å². The number of anilines is 3. The Morgan fingerprint density at radius 2 is 1.62 bits per heavy atom. The van der Waals surface area contributed by atoms with Crippen molar-refractivity contribution in [3.63, 3.8) is 0 Å². The Morgan fingerprint density at radius 3 is 2.18 bits per heavy atom. The van der Waals surface area contributed by atoms with Crippen molar-refractivity contribution in [3.8, 4) is 0 Å². The Bertz CT molecular complexity index is 1600. The second kappa shape index (κ2) is 17.1. The second-order valence-corrected chi connectivity index (χ2v) is 13.1. The molecule has 2 aromatic heterocycles. The molecule has 0 fully saturated rings. The van der Waals surface area contributed by atoms with E-state index >= 15 is 0 Å². The van der Waals surface area contributed by atoms with Gasteiger partial charge in [-0.1, -0.05) is 0 Å². The Labute approximate surface area is 299 Å². The molecule has 23 heteroatoms. The number of aromatic nitrogens is 4. The first kappa shape index (κ1) is 40.8. The van der Waals surface area contributed by atoms with Crippen LogP contribution in [-0.4, -0.2) is 77.6 Å². The predicted molar refractivity (Wildman–Crippen MR) is 147 cm³/mol. The van der Waals surface area contributed by atoms with Gasteiger partial charge in [-0.25, -0.2) is 14.8 Å². The molecule has 9 N–H and O–H groups in total. The number of amides is 2. The Balaban J connectivity index is 0.00000506. The molecule has 0 radical (unpaired) electrons. The summed E-state index contributed by atoms with van der Waals surface area (Å²) in [4.78, 5) is 94.8. The van der Waals surface area contributed by atoms with Gasteiger partial charge in [0, 0.05) is 31.3 Å². The molecule has 2 heterocycles. The summed E-state index contributed by atoms with van der Waals surface area (Å²) in [6.07, 6.45) is 0.482. The first-order valence-electron chi connectivity index (χ1n) is 12.2. The number of nitrogen functional groups attached to an aromatic ring is 2. The van der Waals surface area contributed by atoms with Crippen molar-refractivity contribution in [2.24, 2.45) is 0 Å².